The highest BCUT2D eigenvalue weighted by Crippen LogP contribution is 2.19. The third kappa shape index (κ3) is 3.82. The minimum atomic E-state index is -3.40. The molecular weight excluding hydrogens is 238 g/mol. The maximum atomic E-state index is 11.5. The van der Waals surface area contributed by atoms with Gasteiger partial charge in [0.15, 0.2) is 0 Å². The van der Waals surface area contributed by atoms with Crippen LogP contribution in [-0.4, -0.2) is 14.5 Å². The molecule has 0 bridgehead atoms. The Bertz CT molecular complexity index is 527. The summed E-state index contributed by atoms with van der Waals surface area (Å²) in [6.45, 7) is 0.230. The zero-order valence-corrected chi connectivity index (χ0v) is 10.00. The Hall–Kier alpha value is -1.42. The van der Waals surface area contributed by atoms with Crippen LogP contribution in [-0.2, 0) is 16.8 Å². The van der Waals surface area contributed by atoms with Crippen molar-refractivity contribution in [1.29, 1.82) is 5.26 Å². The van der Waals surface area contributed by atoms with Crippen LogP contribution in [0.1, 0.15) is 24.0 Å². The molecule has 1 aliphatic rings. The molecule has 2 rings (SSSR count). The smallest absolute Gasteiger partial charge is 0.199 e. The van der Waals surface area contributed by atoms with E-state index < -0.39 is 10.2 Å². The number of rotatable bonds is 5. The average molecular weight is 251 g/mol. The summed E-state index contributed by atoms with van der Waals surface area (Å²) >= 11 is 0. The first-order valence-corrected chi connectivity index (χ1v) is 6.83. The lowest BCUT2D eigenvalue weighted by Crippen LogP contribution is -2.37. The molecule has 90 valence electrons. The van der Waals surface area contributed by atoms with Gasteiger partial charge < -0.3 is 0 Å². The third-order valence-corrected chi connectivity index (χ3v) is 3.62. The second kappa shape index (κ2) is 4.84. The molecule has 6 heteroatoms. The first kappa shape index (κ1) is 12.0. The van der Waals surface area contributed by atoms with Gasteiger partial charge in [-0.3, -0.25) is 0 Å². The summed E-state index contributed by atoms with van der Waals surface area (Å²) in [6.07, 6.45) is 1.83. The van der Waals surface area contributed by atoms with Crippen LogP contribution in [0.5, 0.6) is 0 Å². The SMILES string of the molecule is N#Cc1ccc(CNS(=O)(=O)NC2CC2)cc1. The minimum Gasteiger partial charge on any atom is -0.199 e. The molecule has 17 heavy (non-hydrogen) atoms. The van der Waals surface area contributed by atoms with Gasteiger partial charge in [0.1, 0.15) is 0 Å². The number of nitrogens with one attached hydrogen (secondary N) is 2. The van der Waals surface area contributed by atoms with E-state index in [9.17, 15) is 8.42 Å². The molecule has 1 aromatic carbocycles. The number of nitrogens with zero attached hydrogens (tertiary/aromatic N) is 1. The number of hydrogen-bond donors (Lipinski definition) is 2. The monoisotopic (exact) mass is 251 g/mol. The largest absolute Gasteiger partial charge is 0.277 e. The van der Waals surface area contributed by atoms with Gasteiger partial charge in [-0.25, -0.2) is 0 Å². The van der Waals surface area contributed by atoms with Crippen molar-refractivity contribution in [1.82, 2.24) is 9.44 Å². The quantitative estimate of drug-likeness (QED) is 0.806. The van der Waals surface area contributed by atoms with Gasteiger partial charge in [-0.2, -0.15) is 23.1 Å². The summed E-state index contributed by atoms with van der Waals surface area (Å²) in [5, 5.41) is 8.62. The fourth-order valence-corrected chi connectivity index (χ4v) is 2.45. The lowest BCUT2D eigenvalue weighted by molar-refractivity contribution is 0.565. The van der Waals surface area contributed by atoms with Crippen molar-refractivity contribution < 1.29 is 8.42 Å². The molecule has 0 atom stereocenters. The zero-order chi connectivity index (χ0) is 12.3. The fraction of sp³-hybridized carbons (Fsp3) is 0.364. The van der Waals surface area contributed by atoms with Crippen LogP contribution in [0.4, 0.5) is 0 Å². The van der Waals surface area contributed by atoms with Crippen LogP contribution in [0, 0.1) is 11.3 Å². The van der Waals surface area contributed by atoms with E-state index in [2.05, 4.69) is 9.44 Å². The van der Waals surface area contributed by atoms with Crippen molar-refractivity contribution in [2.75, 3.05) is 0 Å². The van der Waals surface area contributed by atoms with Gasteiger partial charge in [-0.1, -0.05) is 12.1 Å². The Morgan fingerprint density at radius 3 is 2.47 bits per heavy atom. The highest BCUT2D eigenvalue weighted by Gasteiger charge is 2.26. The van der Waals surface area contributed by atoms with Crippen molar-refractivity contribution in [2.45, 2.75) is 25.4 Å². The van der Waals surface area contributed by atoms with Crippen LogP contribution < -0.4 is 9.44 Å². The Labute approximate surface area is 101 Å². The van der Waals surface area contributed by atoms with Crippen LogP contribution in [0.3, 0.4) is 0 Å². The highest BCUT2D eigenvalue weighted by atomic mass is 32.2. The van der Waals surface area contributed by atoms with Gasteiger partial charge in [0.05, 0.1) is 11.6 Å². The van der Waals surface area contributed by atoms with Crippen LogP contribution in [0.25, 0.3) is 0 Å². The Kier molecular flexibility index (Phi) is 3.43. The van der Waals surface area contributed by atoms with E-state index in [0.29, 0.717) is 5.56 Å². The third-order valence-electron chi connectivity index (χ3n) is 2.45. The van der Waals surface area contributed by atoms with E-state index in [4.69, 9.17) is 5.26 Å². The van der Waals surface area contributed by atoms with Gasteiger partial charge in [0.25, 0.3) is 10.2 Å². The Morgan fingerprint density at radius 2 is 1.94 bits per heavy atom. The molecule has 0 radical (unpaired) electrons. The molecule has 0 unspecified atom stereocenters. The van der Waals surface area contributed by atoms with Gasteiger partial charge >= 0.3 is 0 Å². The van der Waals surface area contributed by atoms with Gasteiger partial charge in [0.2, 0.25) is 0 Å². The van der Waals surface area contributed by atoms with E-state index in [1.54, 1.807) is 24.3 Å². The molecule has 2 N–H and O–H groups in total. The molecule has 0 saturated heterocycles. The van der Waals surface area contributed by atoms with Crippen molar-refractivity contribution in [3.63, 3.8) is 0 Å². The maximum Gasteiger partial charge on any atom is 0.277 e. The summed E-state index contributed by atoms with van der Waals surface area (Å²) in [5.41, 5.74) is 1.39. The fourth-order valence-electron chi connectivity index (χ4n) is 1.34. The molecule has 5 nitrogen and oxygen atoms in total. The molecule has 1 saturated carbocycles. The van der Waals surface area contributed by atoms with Crippen molar-refractivity contribution in [2.24, 2.45) is 0 Å². The summed E-state index contributed by atoms with van der Waals surface area (Å²) in [5.74, 6) is 0. The number of hydrogen-bond acceptors (Lipinski definition) is 3. The van der Waals surface area contributed by atoms with E-state index in [0.717, 1.165) is 18.4 Å². The highest BCUT2D eigenvalue weighted by molar-refractivity contribution is 7.87. The summed E-state index contributed by atoms with van der Waals surface area (Å²) in [6, 6.07) is 8.91. The van der Waals surface area contributed by atoms with E-state index in [-0.39, 0.29) is 12.6 Å². The predicted octanol–water partition coefficient (Wildman–Crippen LogP) is 0.645. The number of benzene rings is 1. The molecule has 0 spiro atoms. The molecule has 1 fully saturated rings. The normalized spacial score (nSPS) is 15.5. The average Bonchev–Trinajstić information content (AvgIpc) is 3.10. The van der Waals surface area contributed by atoms with Gasteiger partial charge in [-0.15, -0.1) is 0 Å². The van der Waals surface area contributed by atoms with E-state index in [1.165, 1.54) is 0 Å². The van der Waals surface area contributed by atoms with E-state index in [1.807, 2.05) is 6.07 Å². The minimum absolute atomic E-state index is 0.105. The molecule has 0 aromatic heterocycles. The Morgan fingerprint density at radius 1 is 1.29 bits per heavy atom. The van der Waals surface area contributed by atoms with Crippen LogP contribution in [0.15, 0.2) is 24.3 Å². The summed E-state index contributed by atoms with van der Waals surface area (Å²) in [7, 11) is -3.40. The molecule has 1 aliphatic carbocycles. The topological polar surface area (TPSA) is 82.0 Å². The van der Waals surface area contributed by atoms with Gasteiger partial charge in [0, 0.05) is 12.6 Å². The van der Waals surface area contributed by atoms with Gasteiger partial charge in [-0.05, 0) is 30.5 Å². The summed E-state index contributed by atoms with van der Waals surface area (Å²) in [4.78, 5) is 0. The lowest BCUT2D eigenvalue weighted by atomic mass is 10.1. The Balaban J connectivity index is 1.90. The van der Waals surface area contributed by atoms with E-state index >= 15 is 0 Å². The van der Waals surface area contributed by atoms with Crippen molar-refractivity contribution in [3.8, 4) is 6.07 Å². The number of nitriles is 1. The maximum absolute atomic E-state index is 11.5. The van der Waals surface area contributed by atoms with Crippen molar-refractivity contribution >= 4 is 10.2 Å². The predicted molar refractivity (Wildman–Crippen MR) is 63.1 cm³/mol. The molecular formula is C11H13N3O2S. The standard InChI is InChI=1S/C11H13N3O2S/c12-7-9-1-3-10(4-2-9)8-13-17(15,16)14-11-5-6-11/h1-4,11,13-14H,5-6,8H2. The molecule has 1 aromatic rings. The van der Waals surface area contributed by atoms with Crippen molar-refractivity contribution in [3.05, 3.63) is 35.4 Å². The summed E-state index contributed by atoms with van der Waals surface area (Å²) < 4.78 is 28.0. The van der Waals surface area contributed by atoms with Crippen LogP contribution in [0.2, 0.25) is 0 Å². The van der Waals surface area contributed by atoms with Crippen LogP contribution >= 0.6 is 0 Å². The lowest BCUT2D eigenvalue weighted by Gasteiger charge is -2.07. The second-order valence-corrected chi connectivity index (χ2v) is 5.56. The molecule has 0 heterocycles. The first-order valence-electron chi connectivity index (χ1n) is 5.35. The molecule has 0 amide bonds. The molecule has 0 aliphatic heterocycles. The zero-order valence-electron chi connectivity index (χ0n) is 9.18. The second-order valence-electron chi connectivity index (χ2n) is 4.03. The first-order chi connectivity index (χ1) is 8.09.